The molecule has 0 bridgehead atoms. The van der Waals surface area contributed by atoms with E-state index in [9.17, 15) is 19.7 Å². The van der Waals surface area contributed by atoms with Crippen LogP contribution in [0, 0.1) is 33.8 Å². The van der Waals surface area contributed by atoms with Crippen molar-refractivity contribution in [2.45, 2.75) is 13.5 Å². The van der Waals surface area contributed by atoms with Crippen LogP contribution in [0.5, 0.6) is 0 Å². The molecule has 0 aromatic heterocycles. The number of benzene rings is 3. The quantitative estimate of drug-likeness (QED) is 0.193. The van der Waals surface area contributed by atoms with Crippen LogP contribution in [-0.4, -0.2) is 29.7 Å². The summed E-state index contributed by atoms with van der Waals surface area (Å²) in [6.45, 7) is 1.74. The monoisotopic (exact) mass is 508 g/mol. The second-order valence-corrected chi connectivity index (χ2v) is 8.30. The lowest BCUT2D eigenvalue weighted by Crippen LogP contribution is -2.33. The van der Waals surface area contributed by atoms with Gasteiger partial charge in [-0.2, -0.15) is 0 Å². The summed E-state index contributed by atoms with van der Waals surface area (Å²) >= 11 is 0. The average molecular weight is 509 g/mol. The Morgan fingerprint density at radius 1 is 0.947 bits per heavy atom. The van der Waals surface area contributed by atoms with E-state index in [0.717, 1.165) is 5.56 Å². The average Bonchev–Trinajstić information content (AvgIpc) is 2.95. The molecule has 8 nitrogen and oxygen atoms in total. The molecule has 0 radical (unpaired) electrons. The second-order valence-electron chi connectivity index (χ2n) is 8.30. The van der Waals surface area contributed by atoms with E-state index in [2.05, 4.69) is 16.8 Å². The molecule has 2 atom stereocenters. The molecule has 1 heterocycles. The fourth-order valence-corrected chi connectivity index (χ4v) is 3.91. The highest BCUT2D eigenvalue weighted by Gasteiger charge is 2.39. The number of nitro benzene ring substituents is 1. The summed E-state index contributed by atoms with van der Waals surface area (Å²) in [5.74, 6) is 3.13. The number of esters is 2. The molecule has 0 amide bonds. The van der Waals surface area contributed by atoms with Gasteiger partial charge in [0.25, 0.3) is 5.69 Å². The van der Waals surface area contributed by atoms with Gasteiger partial charge in [-0.05, 0) is 36.8 Å². The highest BCUT2D eigenvalue weighted by molar-refractivity contribution is 6.05. The third kappa shape index (κ3) is 6.20. The maximum absolute atomic E-state index is 13.6. The fourth-order valence-electron chi connectivity index (χ4n) is 3.91. The predicted molar refractivity (Wildman–Crippen MR) is 142 cm³/mol. The molecule has 8 heteroatoms. The number of nitro groups is 1. The highest BCUT2D eigenvalue weighted by atomic mass is 16.6. The number of hydrogen-bond acceptors (Lipinski definition) is 7. The molecule has 190 valence electrons. The Morgan fingerprint density at radius 3 is 2.24 bits per heavy atom. The van der Waals surface area contributed by atoms with E-state index in [-0.39, 0.29) is 24.5 Å². The molecule has 2 unspecified atom stereocenters. The van der Waals surface area contributed by atoms with Crippen LogP contribution < -0.4 is 0 Å². The molecule has 4 rings (SSSR count). The first-order valence-electron chi connectivity index (χ1n) is 12.0. The summed E-state index contributed by atoms with van der Waals surface area (Å²) in [7, 11) is 0. The summed E-state index contributed by atoms with van der Waals surface area (Å²) in [4.78, 5) is 41.4. The van der Waals surface area contributed by atoms with Gasteiger partial charge in [0.05, 0.1) is 28.7 Å². The molecule has 0 saturated carbocycles. The van der Waals surface area contributed by atoms with Gasteiger partial charge in [0, 0.05) is 29.5 Å². The van der Waals surface area contributed by atoms with Gasteiger partial charge in [-0.1, -0.05) is 60.4 Å². The zero-order valence-electron chi connectivity index (χ0n) is 20.6. The normalized spacial score (nSPS) is 16.2. The van der Waals surface area contributed by atoms with Crippen LogP contribution in [0.1, 0.15) is 23.6 Å². The molecular weight excluding hydrogens is 484 g/mol. The lowest BCUT2D eigenvalue weighted by Gasteiger charge is -2.26. The lowest BCUT2D eigenvalue weighted by atomic mass is 9.82. The SMILES string of the molecule is CCOC(=O)C1C=NC(c2ccccc2)=C(C(=O)OCc2ccc([N+](=O)[O-])cc2)C1C#Cc1ccccc1. The third-order valence-electron chi connectivity index (χ3n) is 5.78. The van der Waals surface area contributed by atoms with Crippen LogP contribution in [0.15, 0.2) is 95.5 Å². The molecule has 38 heavy (non-hydrogen) atoms. The van der Waals surface area contributed by atoms with Gasteiger partial charge >= 0.3 is 11.9 Å². The molecule has 1 aliphatic heterocycles. The van der Waals surface area contributed by atoms with Crippen LogP contribution in [-0.2, 0) is 25.7 Å². The molecule has 0 spiro atoms. The van der Waals surface area contributed by atoms with E-state index in [1.165, 1.54) is 30.5 Å². The first-order chi connectivity index (χ1) is 18.5. The Kier molecular flexibility index (Phi) is 8.42. The predicted octanol–water partition coefficient (Wildman–Crippen LogP) is 4.98. The van der Waals surface area contributed by atoms with Gasteiger partial charge in [0.15, 0.2) is 0 Å². The van der Waals surface area contributed by atoms with Crippen molar-refractivity contribution in [3.05, 3.63) is 117 Å². The standard InChI is InChI=1S/C30H24N2O6/c1-2-37-29(33)26-19-31-28(23-11-7-4-8-12-23)27(25(26)18-15-21-9-5-3-6-10-21)30(34)38-20-22-13-16-24(17-14-22)32(35)36/h3-14,16-17,19,25-26H,2,20H2,1H3. The maximum atomic E-state index is 13.6. The largest absolute Gasteiger partial charge is 0.465 e. The summed E-state index contributed by atoms with van der Waals surface area (Å²) in [5, 5.41) is 10.9. The van der Waals surface area contributed by atoms with Crippen LogP contribution in [0.3, 0.4) is 0 Å². The maximum Gasteiger partial charge on any atom is 0.337 e. The molecule has 0 aliphatic carbocycles. The third-order valence-corrected chi connectivity index (χ3v) is 5.78. The van der Waals surface area contributed by atoms with Crippen molar-refractivity contribution in [2.24, 2.45) is 16.8 Å². The Balaban J connectivity index is 1.74. The minimum Gasteiger partial charge on any atom is -0.465 e. The summed E-state index contributed by atoms with van der Waals surface area (Å²) in [5.41, 5.74) is 2.38. The minimum absolute atomic E-state index is 0.0655. The van der Waals surface area contributed by atoms with Gasteiger partial charge in [-0.25, -0.2) is 4.79 Å². The second kappa shape index (κ2) is 12.3. The Hall–Kier alpha value is -5.03. The number of ether oxygens (including phenoxy) is 2. The molecular formula is C30H24N2O6. The van der Waals surface area contributed by atoms with Crippen molar-refractivity contribution in [3.63, 3.8) is 0 Å². The van der Waals surface area contributed by atoms with Crippen molar-refractivity contribution in [3.8, 4) is 11.8 Å². The number of carbonyl (C=O) groups is 2. The number of aliphatic imine (C=N–C) groups is 1. The van der Waals surface area contributed by atoms with Crippen LogP contribution >= 0.6 is 0 Å². The molecule has 1 aliphatic rings. The topological polar surface area (TPSA) is 108 Å². The Morgan fingerprint density at radius 2 is 1.61 bits per heavy atom. The van der Waals surface area contributed by atoms with Crippen molar-refractivity contribution in [1.29, 1.82) is 0 Å². The fraction of sp³-hybridized carbons (Fsp3) is 0.167. The number of rotatable bonds is 7. The van der Waals surface area contributed by atoms with E-state index in [1.807, 2.05) is 60.7 Å². The first kappa shape index (κ1) is 26.0. The summed E-state index contributed by atoms with van der Waals surface area (Å²) < 4.78 is 10.9. The summed E-state index contributed by atoms with van der Waals surface area (Å²) in [6, 6.07) is 24.0. The molecule has 0 saturated heterocycles. The van der Waals surface area contributed by atoms with Crippen LogP contribution in [0.2, 0.25) is 0 Å². The van der Waals surface area contributed by atoms with E-state index in [4.69, 9.17) is 9.47 Å². The van der Waals surface area contributed by atoms with Gasteiger partial charge < -0.3 is 9.47 Å². The Labute approximate surface area is 219 Å². The van der Waals surface area contributed by atoms with Crippen LogP contribution in [0.25, 0.3) is 5.70 Å². The van der Waals surface area contributed by atoms with E-state index in [1.54, 1.807) is 6.92 Å². The van der Waals surface area contributed by atoms with Gasteiger partial charge in [-0.15, -0.1) is 0 Å². The minimum atomic E-state index is -0.916. The van der Waals surface area contributed by atoms with E-state index in [0.29, 0.717) is 16.8 Å². The smallest absolute Gasteiger partial charge is 0.337 e. The number of hydrogen-bond donors (Lipinski definition) is 0. The first-order valence-corrected chi connectivity index (χ1v) is 12.0. The van der Waals surface area contributed by atoms with Crippen LogP contribution in [0.4, 0.5) is 5.69 Å². The highest BCUT2D eigenvalue weighted by Crippen LogP contribution is 2.35. The number of nitrogens with zero attached hydrogens (tertiary/aromatic N) is 2. The molecule has 3 aromatic rings. The van der Waals surface area contributed by atoms with Gasteiger partial charge in [0.1, 0.15) is 12.5 Å². The number of carbonyl (C=O) groups excluding carboxylic acids is 2. The van der Waals surface area contributed by atoms with E-state index >= 15 is 0 Å². The molecule has 0 N–H and O–H groups in total. The lowest BCUT2D eigenvalue weighted by molar-refractivity contribution is -0.384. The van der Waals surface area contributed by atoms with Crippen molar-refractivity contribution >= 4 is 29.5 Å². The van der Waals surface area contributed by atoms with Crippen molar-refractivity contribution < 1.29 is 24.0 Å². The number of non-ortho nitro benzene ring substituents is 1. The summed E-state index contributed by atoms with van der Waals surface area (Å²) in [6.07, 6.45) is 1.47. The molecule has 0 fully saturated rings. The Bertz CT molecular complexity index is 1430. The molecule has 3 aromatic carbocycles. The van der Waals surface area contributed by atoms with E-state index < -0.39 is 28.7 Å². The van der Waals surface area contributed by atoms with Crippen molar-refractivity contribution in [2.75, 3.05) is 6.61 Å². The van der Waals surface area contributed by atoms with Gasteiger partial charge in [-0.3, -0.25) is 19.9 Å². The van der Waals surface area contributed by atoms with Gasteiger partial charge in [0.2, 0.25) is 0 Å². The zero-order valence-corrected chi connectivity index (χ0v) is 20.6. The zero-order chi connectivity index (χ0) is 26.9. The van der Waals surface area contributed by atoms with Crippen molar-refractivity contribution in [1.82, 2.24) is 0 Å².